The van der Waals surface area contributed by atoms with Crippen molar-refractivity contribution in [3.05, 3.63) is 27.3 Å². The summed E-state index contributed by atoms with van der Waals surface area (Å²) in [7, 11) is -4.07. The fraction of sp³-hybridized carbons (Fsp3) is 0.222. The molecule has 94 valence electrons. The molecule has 0 saturated heterocycles. The molecule has 17 heavy (non-hydrogen) atoms. The zero-order valence-electron chi connectivity index (χ0n) is 8.68. The minimum atomic E-state index is -4.07. The van der Waals surface area contributed by atoms with E-state index in [1.54, 1.807) is 18.2 Å². The number of halogens is 1. The second-order valence-corrected chi connectivity index (χ2v) is 6.09. The number of amides is 1. The summed E-state index contributed by atoms with van der Waals surface area (Å²) in [6.45, 7) is -0.164. The van der Waals surface area contributed by atoms with E-state index in [0.29, 0.717) is 5.69 Å². The molecule has 0 aromatic heterocycles. The van der Waals surface area contributed by atoms with Crippen molar-refractivity contribution >= 4 is 44.3 Å². The molecule has 1 amide bonds. The van der Waals surface area contributed by atoms with Crippen LogP contribution in [0.15, 0.2) is 18.2 Å². The molecular weight excluding hydrogens is 359 g/mol. The summed E-state index contributed by atoms with van der Waals surface area (Å²) in [5.74, 6) is -0.993. The van der Waals surface area contributed by atoms with E-state index in [1.165, 1.54) is 0 Å². The van der Waals surface area contributed by atoms with Crippen LogP contribution in [-0.4, -0.2) is 31.2 Å². The van der Waals surface area contributed by atoms with Gasteiger partial charge in [-0.2, -0.15) is 8.42 Å². The number of nitrogen functional groups attached to an aromatic ring is 1. The number of hydrogen-bond acceptors (Lipinski definition) is 4. The average Bonchev–Trinajstić information content (AvgIpc) is 2.19. The number of rotatable bonds is 4. The van der Waals surface area contributed by atoms with Crippen molar-refractivity contribution in [3.63, 3.8) is 0 Å². The molecule has 0 atom stereocenters. The van der Waals surface area contributed by atoms with Gasteiger partial charge in [0.2, 0.25) is 0 Å². The van der Waals surface area contributed by atoms with Gasteiger partial charge in [0.25, 0.3) is 16.0 Å². The molecule has 1 aromatic rings. The maximum Gasteiger partial charge on any atom is 0.266 e. The van der Waals surface area contributed by atoms with E-state index in [1.807, 2.05) is 22.6 Å². The molecule has 0 aliphatic heterocycles. The smallest absolute Gasteiger partial charge is 0.266 e. The average molecular weight is 370 g/mol. The molecule has 0 radical (unpaired) electrons. The Morgan fingerprint density at radius 2 is 2.12 bits per heavy atom. The lowest BCUT2D eigenvalue weighted by molar-refractivity contribution is 0.0957. The lowest BCUT2D eigenvalue weighted by Gasteiger charge is -2.07. The van der Waals surface area contributed by atoms with Crippen LogP contribution in [0, 0.1) is 3.57 Å². The molecule has 0 heterocycles. The summed E-state index contributed by atoms with van der Waals surface area (Å²) in [5.41, 5.74) is 6.22. The van der Waals surface area contributed by atoms with E-state index in [4.69, 9.17) is 10.3 Å². The standard InChI is InChI=1S/C9H11IN2O4S/c10-6-1-2-8(11)7(5-6)9(13)12-3-4-17(14,15)16/h1-2,5H,3-4,11H2,(H,12,13)(H,14,15,16). The van der Waals surface area contributed by atoms with Crippen molar-refractivity contribution in [2.75, 3.05) is 18.0 Å². The fourth-order valence-electron chi connectivity index (χ4n) is 1.11. The maximum atomic E-state index is 11.6. The van der Waals surface area contributed by atoms with Crippen LogP contribution in [0.3, 0.4) is 0 Å². The number of benzene rings is 1. The van der Waals surface area contributed by atoms with Crippen molar-refractivity contribution in [3.8, 4) is 0 Å². The topological polar surface area (TPSA) is 109 Å². The molecule has 0 spiro atoms. The minimum absolute atomic E-state index is 0.164. The van der Waals surface area contributed by atoms with Crippen LogP contribution in [0.5, 0.6) is 0 Å². The Bertz CT molecular complexity index is 530. The normalized spacial score (nSPS) is 11.2. The van der Waals surface area contributed by atoms with Crippen LogP contribution in [0.4, 0.5) is 5.69 Å². The number of nitrogens with one attached hydrogen (secondary N) is 1. The Hall–Kier alpha value is -0.870. The van der Waals surface area contributed by atoms with E-state index in [2.05, 4.69) is 5.32 Å². The molecule has 6 nitrogen and oxygen atoms in total. The van der Waals surface area contributed by atoms with Crippen LogP contribution >= 0.6 is 22.6 Å². The third kappa shape index (κ3) is 4.88. The third-order valence-electron chi connectivity index (χ3n) is 1.91. The minimum Gasteiger partial charge on any atom is -0.398 e. The number of nitrogens with two attached hydrogens (primary N) is 1. The van der Waals surface area contributed by atoms with E-state index in [0.717, 1.165) is 3.57 Å². The van der Waals surface area contributed by atoms with Gasteiger partial charge < -0.3 is 11.1 Å². The summed E-state index contributed by atoms with van der Waals surface area (Å²) >= 11 is 2.03. The Kier molecular flexibility index (Phi) is 4.71. The zero-order chi connectivity index (χ0) is 13.1. The van der Waals surface area contributed by atoms with Gasteiger partial charge in [-0.05, 0) is 40.8 Å². The molecule has 0 bridgehead atoms. The molecule has 4 N–H and O–H groups in total. The highest BCUT2D eigenvalue weighted by atomic mass is 127. The van der Waals surface area contributed by atoms with E-state index >= 15 is 0 Å². The van der Waals surface area contributed by atoms with Crippen LogP contribution in [0.1, 0.15) is 10.4 Å². The summed E-state index contributed by atoms with van der Waals surface area (Å²) in [4.78, 5) is 11.6. The molecule has 8 heteroatoms. The fourth-order valence-corrected chi connectivity index (χ4v) is 1.97. The summed E-state index contributed by atoms with van der Waals surface area (Å²) in [6.07, 6.45) is 0. The van der Waals surface area contributed by atoms with Crippen molar-refractivity contribution < 1.29 is 17.8 Å². The van der Waals surface area contributed by atoms with E-state index in [-0.39, 0.29) is 12.1 Å². The largest absolute Gasteiger partial charge is 0.398 e. The molecule has 0 aliphatic carbocycles. The molecule has 1 aromatic carbocycles. The van der Waals surface area contributed by atoms with Gasteiger partial charge in [-0.1, -0.05) is 0 Å². The highest BCUT2D eigenvalue weighted by Gasteiger charge is 2.11. The first-order chi connectivity index (χ1) is 7.79. The van der Waals surface area contributed by atoms with Gasteiger partial charge in [0.1, 0.15) is 0 Å². The lowest BCUT2D eigenvalue weighted by atomic mass is 10.2. The second kappa shape index (κ2) is 5.65. The third-order valence-corrected chi connectivity index (χ3v) is 3.30. The van der Waals surface area contributed by atoms with Crippen LogP contribution < -0.4 is 11.1 Å². The first-order valence-corrected chi connectivity index (χ1v) is 7.27. The Labute approximate surface area is 112 Å². The predicted molar refractivity (Wildman–Crippen MR) is 72.3 cm³/mol. The van der Waals surface area contributed by atoms with E-state index < -0.39 is 21.8 Å². The van der Waals surface area contributed by atoms with Crippen LogP contribution in [-0.2, 0) is 10.1 Å². The first-order valence-electron chi connectivity index (χ1n) is 4.58. The van der Waals surface area contributed by atoms with Gasteiger partial charge in [0, 0.05) is 15.8 Å². The number of carbonyl (C=O) groups excluding carboxylic acids is 1. The van der Waals surface area contributed by atoms with E-state index in [9.17, 15) is 13.2 Å². The van der Waals surface area contributed by atoms with Gasteiger partial charge in [-0.15, -0.1) is 0 Å². The SMILES string of the molecule is Nc1ccc(I)cc1C(=O)NCCS(=O)(=O)O. The quantitative estimate of drug-likeness (QED) is 0.406. The second-order valence-electron chi connectivity index (χ2n) is 3.27. The van der Waals surface area contributed by atoms with Crippen molar-refractivity contribution in [2.45, 2.75) is 0 Å². The van der Waals surface area contributed by atoms with Gasteiger partial charge in [0.05, 0.1) is 11.3 Å². The van der Waals surface area contributed by atoms with Gasteiger partial charge in [-0.25, -0.2) is 0 Å². The lowest BCUT2D eigenvalue weighted by Crippen LogP contribution is -2.29. The van der Waals surface area contributed by atoms with Crippen molar-refractivity contribution in [2.24, 2.45) is 0 Å². The monoisotopic (exact) mass is 370 g/mol. The van der Waals surface area contributed by atoms with Crippen LogP contribution in [0.2, 0.25) is 0 Å². The highest BCUT2D eigenvalue weighted by Crippen LogP contribution is 2.15. The maximum absolute atomic E-state index is 11.6. The summed E-state index contributed by atoms with van der Waals surface area (Å²) < 4.78 is 30.2. The molecule has 0 saturated carbocycles. The Balaban J connectivity index is 2.67. The summed E-state index contributed by atoms with van der Waals surface area (Å²) in [6, 6.07) is 4.95. The molecule has 1 rings (SSSR count). The highest BCUT2D eigenvalue weighted by molar-refractivity contribution is 14.1. The molecule has 0 fully saturated rings. The molecular formula is C9H11IN2O4S. The zero-order valence-corrected chi connectivity index (χ0v) is 11.7. The van der Waals surface area contributed by atoms with Gasteiger partial charge >= 0.3 is 0 Å². The summed E-state index contributed by atoms with van der Waals surface area (Å²) in [5, 5.41) is 2.36. The van der Waals surface area contributed by atoms with Crippen LogP contribution in [0.25, 0.3) is 0 Å². The number of anilines is 1. The first kappa shape index (κ1) is 14.2. The van der Waals surface area contributed by atoms with Crippen molar-refractivity contribution in [1.82, 2.24) is 5.32 Å². The predicted octanol–water partition coefficient (Wildman–Crippen LogP) is 0.491. The van der Waals surface area contributed by atoms with Gasteiger partial charge in [-0.3, -0.25) is 9.35 Å². The number of carbonyl (C=O) groups is 1. The Morgan fingerprint density at radius 3 is 2.71 bits per heavy atom. The van der Waals surface area contributed by atoms with Gasteiger partial charge in [0.15, 0.2) is 0 Å². The Morgan fingerprint density at radius 1 is 1.47 bits per heavy atom. The molecule has 0 aliphatic rings. The molecule has 0 unspecified atom stereocenters. The van der Waals surface area contributed by atoms with Crippen molar-refractivity contribution in [1.29, 1.82) is 0 Å². The number of hydrogen-bond donors (Lipinski definition) is 3.